The van der Waals surface area contributed by atoms with Crippen molar-refractivity contribution in [2.75, 3.05) is 20.1 Å². The third-order valence-corrected chi connectivity index (χ3v) is 7.87. The van der Waals surface area contributed by atoms with Crippen molar-refractivity contribution in [3.05, 3.63) is 125 Å². The van der Waals surface area contributed by atoms with Gasteiger partial charge in [0, 0.05) is 32.7 Å². The zero-order valence-corrected chi connectivity index (χ0v) is 26.7. The Kier molecular flexibility index (Phi) is 12.7. The first-order valence-corrected chi connectivity index (χ1v) is 15.8. The first-order valence-electron chi connectivity index (χ1n) is 15.8. The number of nitrogens with zero attached hydrogens (tertiary/aromatic N) is 3. The maximum Gasteiger partial charge on any atom is 0.416 e. The Labute approximate surface area is 273 Å². The minimum atomic E-state index is -4.45. The van der Waals surface area contributed by atoms with Crippen LogP contribution in [0.1, 0.15) is 69.4 Å². The molecule has 0 radical (unpaired) electrons. The SMILES string of the molecule is CCCCCN(C)C(=O)c1cc(C(=O)N[C@@H](Cc2ccccc2)[C@H](O)CNCc2cccc(C(F)(F)F)c2)nn1Cc1ccccc1. The smallest absolute Gasteiger partial charge is 0.390 e. The maximum atomic E-state index is 13.6. The molecule has 8 nitrogen and oxygen atoms in total. The third-order valence-electron chi connectivity index (χ3n) is 7.87. The molecule has 0 aliphatic rings. The van der Waals surface area contributed by atoms with Crippen molar-refractivity contribution in [1.82, 2.24) is 25.3 Å². The van der Waals surface area contributed by atoms with Crippen LogP contribution in [-0.4, -0.2) is 63.9 Å². The van der Waals surface area contributed by atoms with Gasteiger partial charge in [-0.25, -0.2) is 0 Å². The van der Waals surface area contributed by atoms with Crippen LogP contribution in [0.5, 0.6) is 0 Å². The van der Waals surface area contributed by atoms with Gasteiger partial charge in [0.1, 0.15) is 5.69 Å². The number of hydrogen-bond donors (Lipinski definition) is 3. The van der Waals surface area contributed by atoms with Gasteiger partial charge in [0.2, 0.25) is 0 Å². The molecule has 1 heterocycles. The number of carbonyl (C=O) groups excluding carboxylic acids is 2. The zero-order chi connectivity index (χ0) is 33.8. The van der Waals surface area contributed by atoms with E-state index < -0.39 is 29.8 Å². The standard InChI is InChI=1S/C36H42F3N5O3/c1-3-4-11-19-43(2)35(47)32-22-31(42-44(32)25-27-15-9-6-10-16-27)34(46)41-30(21-26-13-7-5-8-14-26)33(45)24-40-23-28-17-12-18-29(20-28)36(37,38)39/h5-10,12-18,20,22,30,33,40,45H,3-4,11,19,21,23-25H2,1-2H3,(H,41,46)/t30-,33+/m0/s1. The number of aliphatic hydroxyl groups excluding tert-OH is 1. The molecule has 0 spiro atoms. The van der Waals surface area contributed by atoms with Gasteiger partial charge in [-0.3, -0.25) is 14.3 Å². The lowest BCUT2D eigenvalue weighted by Crippen LogP contribution is -2.48. The summed E-state index contributed by atoms with van der Waals surface area (Å²) in [7, 11) is 1.73. The summed E-state index contributed by atoms with van der Waals surface area (Å²) in [5.74, 6) is -0.805. The fourth-order valence-electron chi connectivity index (χ4n) is 5.23. The number of aliphatic hydroxyl groups is 1. The number of hydrogen-bond acceptors (Lipinski definition) is 5. The van der Waals surface area contributed by atoms with Crippen molar-refractivity contribution in [1.29, 1.82) is 0 Å². The van der Waals surface area contributed by atoms with Gasteiger partial charge in [-0.1, -0.05) is 98.6 Å². The number of alkyl halides is 3. The van der Waals surface area contributed by atoms with Gasteiger partial charge in [0.25, 0.3) is 11.8 Å². The fourth-order valence-corrected chi connectivity index (χ4v) is 5.23. The van der Waals surface area contributed by atoms with Gasteiger partial charge in [0.15, 0.2) is 5.69 Å². The molecular formula is C36H42F3N5O3. The van der Waals surface area contributed by atoms with Crippen molar-refractivity contribution in [2.24, 2.45) is 0 Å². The maximum absolute atomic E-state index is 13.6. The molecule has 0 aliphatic carbocycles. The molecule has 250 valence electrons. The second kappa shape index (κ2) is 16.9. The van der Waals surface area contributed by atoms with E-state index in [2.05, 4.69) is 22.7 Å². The summed E-state index contributed by atoms with van der Waals surface area (Å²) < 4.78 is 41.0. The van der Waals surface area contributed by atoms with E-state index in [1.165, 1.54) is 16.8 Å². The Morgan fingerprint density at radius 1 is 0.915 bits per heavy atom. The van der Waals surface area contributed by atoms with E-state index in [4.69, 9.17) is 0 Å². The van der Waals surface area contributed by atoms with E-state index in [1.54, 1.807) is 18.0 Å². The Bertz CT molecular complexity index is 1580. The van der Waals surface area contributed by atoms with Gasteiger partial charge in [-0.05, 0) is 35.6 Å². The van der Waals surface area contributed by atoms with E-state index in [1.807, 2.05) is 60.7 Å². The molecule has 3 N–H and O–H groups in total. The highest BCUT2D eigenvalue weighted by Crippen LogP contribution is 2.29. The second-order valence-corrected chi connectivity index (χ2v) is 11.7. The number of unbranched alkanes of at least 4 members (excludes halogenated alkanes) is 2. The fraction of sp³-hybridized carbons (Fsp3) is 0.361. The first kappa shape index (κ1) is 35.4. The Morgan fingerprint density at radius 2 is 1.57 bits per heavy atom. The predicted molar refractivity (Wildman–Crippen MR) is 175 cm³/mol. The minimum absolute atomic E-state index is 0.00274. The number of halogens is 3. The highest BCUT2D eigenvalue weighted by atomic mass is 19.4. The summed E-state index contributed by atoms with van der Waals surface area (Å²) in [6.45, 7) is 3.05. The first-order chi connectivity index (χ1) is 22.5. The van der Waals surface area contributed by atoms with Crippen LogP contribution in [0.2, 0.25) is 0 Å². The van der Waals surface area contributed by atoms with Crippen molar-refractivity contribution >= 4 is 11.8 Å². The zero-order valence-electron chi connectivity index (χ0n) is 26.7. The van der Waals surface area contributed by atoms with Gasteiger partial charge < -0.3 is 20.6 Å². The van der Waals surface area contributed by atoms with E-state index in [9.17, 15) is 27.9 Å². The van der Waals surface area contributed by atoms with E-state index in [0.717, 1.165) is 42.5 Å². The molecule has 0 aliphatic heterocycles. The van der Waals surface area contributed by atoms with Crippen LogP contribution in [0, 0.1) is 0 Å². The topological polar surface area (TPSA) is 99.5 Å². The van der Waals surface area contributed by atoms with E-state index in [0.29, 0.717) is 12.1 Å². The molecule has 0 saturated heterocycles. The molecule has 1 aromatic heterocycles. The molecule has 4 rings (SSSR count). The molecule has 4 aromatic rings. The Balaban J connectivity index is 1.52. The van der Waals surface area contributed by atoms with Crippen molar-refractivity contribution < 1.29 is 27.9 Å². The van der Waals surface area contributed by atoms with Gasteiger partial charge in [-0.15, -0.1) is 0 Å². The molecular weight excluding hydrogens is 607 g/mol. The van der Waals surface area contributed by atoms with Crippen LogP contribution in [0.3, 0.4) is 0 Å². The summed E-state index contributed by atoms with van der Waals surface area (Å²) in [4.78, 5) is 28.8. The highest BCUT2D eigenvalue weighted by Gasteiger charge is 2.30. The van der Waals surface area contributed by atoms with E-state index in [-0.39, 0.29) is 43.4 Å². The molecule has 0 unspecified atom stereocenters. The molecule has 3 aromatic carbocycles. The third kappa shape index (κ3) is 10.5. The average molecular weight is 650 g/mol. The summed E-state index contributed by atoms with van der Waals surface area (Å²) in [5.41, 5.74) is 1.76. The summed E-state index contributed by atoms with van der Waals surface area (Å²) in [6.07, 6.45) is -2.38. The minimum Gasteiger partial charge on any atom is -0.390 e. The number of carbonyl (C=O) groups is 2. The summed E-state index contributed by atoms with van der Waals surface area (Å²) in [5, 5.41) is 21.6. The lowest BCUT2D eigenvalue weighted by atomic mass is 10.0. The lowest BCUT2D eigenvalue weighted by molar-refractivity contribution is -0.137. The van der Waals surface area contributed by atoms with Crippen molar-refractivity contribution in [3.63, 3.8) is 0 Å². The van der Waals surface area contributed by atoms with Crippen LogP contribution in [0.15, 0.2) is 91.0 Å². The molecule has 0 fully saturated rings. The quantitative estimate of drug-likeness (QED) is 0.135. The van der Waals surface area contributed by atoms with Crippen LogP contribution < -0.4 is 10.6 Å². The van der Waals surface area contributed by atoms with Gasteiger partial charge in [0.05, 0.1) is 24.3 Å². The van der Waals surface area contributed by atoms with Crippen molar-refractivity contribution in [3.8, 4) is 0 Å². The monoisotopic (exact) mass is 649 g/mol. The molecule has 47 heavy (non-hydrogen) atoms. The van der Waals surface area contributed by atoms with E-state index >= 15 is 0 Å². The molecule has 11 heteroatoms. The van der Waals surface area contributed by atoms with Crippen LogP contribution in [0.4, 0.5) is 13.2 Å². The molecule has 0 saturated carbocycles. The molecule has 2 atom stereocenters. The Hall–Kier alpha value is -4.48. The largest absolute Gasteiger partial charge is 0.416 e. The normalized spacial score (nSPS) is 12.8. The summed E-state index contributed by atoms with van der Waals surface area (Å²) >= 11 is 0. The van der Waals surface area contributed by atoms with Crippen LogP contribution in [-0.2, 0) is 25.7 Å². The predicted octanol–water partition coefficient (Wildman–Crippen LogP) is 5.70. The molecule has 2 amide bonds. The summed E-state index contributed by atoms with van der Waals surface area (Å²) in [6, 6.07) is 24.5. The number of rotatable bonds is 16. The number of aromatic nitrogens is 2. The lowest BCUT2D eigenvalue weighted by Gasteiger charge is -2.24. The second-order valence-electron chi connectivity index (χ2n) is 11.7. The van der Waals surface area contributed by atoms with Crippen LogP contribution >= 0.6 is 0 Å². The van der Waals surface area contributed by atoms with Crippen molar-refractivity contribution in [2.45, 2.75) is 64.0 Å². The van der Waals surface area contributed by atoms with Gasteiger partial charge in [-0.2, -0.15) is 18.3 Å². The van der Waals surface area contributed by atoms with Gasteiger partial charge >= 0.3 is 6.18 Å². The number of amides is 2. The Morgan fingerprint density at radius 3 is 2.23 bits per heavy atom. The number of nitrogens with one attached hydrogen (secondary N) is 2. The number of benzene rings is 3. The average Bonchev–Trinajstić information content (AvgIpc) is 3.48. The highest BCUT2D eigenvalue weighted by molar-refractivity contribution is 5.98. The molecule has 0 bridgehead atoms. The van der Waals surface area contributed by atoms with Crippen LogP contribution in [0.25, 0.3) is 0 Å².